The monoisotopic (exact) mass is 154 g/mol. The summed E-state index contributed by atoms with van der Waals surface area (Å²) in [6.07, 6.45) is 2.07. The van der Waals surface area contributed by atoms with Crippen molar-refractivity contribution in [1.82, 2.24) is 5.01 Å². The summed E-state index contributed by atoms with van der Waals surface area (Å²) in [4.78, 5) is 0. The number of hydrogen-bond acceptors (Lipinski definition) is 2. The van der Waals surface area contributed by atoms with Crippen LogP contribution >= 0.6 is 0 Å². The van der Waals surface area contributed by atoms with Gasteiger partial charge in [0, 0.05) is 19.2 Å². The van der Waals surface area contributed by atoms with Crippen LogP contribution in [0.2, 0.25) is 0 Å². The first-order valence-electron chi connectivity index (χ1n) is 4.20. The fourth-order valence-electron chi connectivity index (χ4n) is 1.59. The van der Waals surface area contributed by atoms with Crippen molar-refractivity contribution in [3.05, 3.63) is 0 Å². The molecule has 2 atom stereocenters. The van der Waals surface area contributed by atoms with Gasteiger partial charge in [0.2, 0.25) is 0 Å². The van der Waals surface area contributed by atoms with Crippen molar-refractivity contribution in [2.45, 2.75) is 33.7 Å². The highest BCUT2D eigenvalue weighted by Gasteiger charge is 2.33. The molecule has 11 heavy (non-hydrogen) atoms. The van der Waals surface area contributed by atoms with Crippen LogP contribution in [0, 0.1) is 11.3 Å². The highest BCUT2D eigenvalue weighted by Crippen LogP contribution is 2.32. The highest BCUT2D eigenvalue weighted by molar-refractivity contribution is 5.64. The summed E-state index contributed by atoms with van der Waals surface area (Å²) in [5, 5.41) is 6.31. The van der Waals surface area contributed by atoms with Gasteiger partial charge in [-0.3, -0.25) is 5.01 Å². The van der Waals surface area contributed by atoms with E-state index in [1.807, 2.05) is 12.1 Å². The minimum absolute atomic E-state index is 0.341. The van der Waals surface area contributed by atoms with Crippen LogP contribution in [0.4, 0.5) is 0 Å². The molecule has 0 radical (unpaired) electrons. The van der Waals surface area contributed by atoms with E-state index < -0.39 is 0 Å². The quantitative estimate of drug-likeness (QED) is 0.521. The molecule has 64 valence electrons. The van der Waals surface area contributed by atoms with E-state index in [9.17, 15) is 0 Å². The molecular weight excluding hydrogens is 136 g/mol. The SMILES string of the molecule is CC1C(C(C)(C)C)C=NN1C. The summed E-state index contributed by atoms with van der Waals surface area (Å²) in [5.74, 6) is 0.590. The van der Waals surface area contributed by atoms with E-state index in [0.717, 1.165) is 0 Å². The van der Waals surface area contributed by atoms with Crippen LogP contribution in [0.25, 0.3) is 0 Å². The van der Waals surface area contributed by atoms with Crippen molar-refractivity contribution < 1.29 is 0 Å². The largest absolute Gasteiger partial charge is 0.297 e. The highest BCUT2D eigenvalue weighted by atomic mass is 15.5. The maximum atomic E-state index is 4.27. The molecule has 0 aromatic carbocycles. The molecule has 0 saturated heterocycles. The second kappa shape index (κ2) is 2.50. The first-order valence-corrected chi connectivity index (χ1v) is 4.20. The molecular formula is C9H18N2. The van der Waals surface area contributed by atoms with E-state index in [4.69, 9.17) is 0 Å². The van der Waals surface area contributed by atoms with Gasteiger partial charge in [0.25, 0.3) is 0 Å². The van der Waals surface area contributed by atoms with E-state index in [0.29, 0.717) is 17.4 Å². The van der Waals surface area contributed by atoms with Crippen LogP contribution in [-0.4, -0.2) is 24.3 Å². The Labute approximate surface area is 69.3 Å². The molecule has 1 aliphatic rings. The first-order chi connectivity index (χ1) is 4.93. The minimum Gasteiger partial charge on any atom is -0.297 e. The van der Waals surface area contributed by atoms with E-state index >= 15 is 0 Å². The number of rotatable bonds is 0. The molecule has 0 aliphatic carbocycles. The third kappa shape index (κ3) is 1.55. The summed E-state index contributed by atoms with van der Waals surface area (Å²) >= 11 is 0. The standard InChI is InChI=1S/C9H18N2/c1-7-8(9(2,3)4)6-10-11(7)5/h6-8H,1-5H3. The van der Waals surface area contributed by atoms with Crippen molar-refractivity contribution in [3.63, 3.8) is 0 Å². The van der Waals surface area contributed by atoms with Crippen molar-refractivity contribution in [1.29, 1.82) is 0 Å². The predicted molar refractivity (Wildman–Crippen MR) is 48.7 cm³/mol. The van der Waals surface area contributed by atoms with Crippen LogP contribution < -0.4 is 0 Å². The fourth-order valence-corrected chi connectivity index (χ4v) is 1.59. The molecule has 0 saturated carbocycles. The maximum absolute atomic E-state index is 4.27. The minimum atomic E-state index is 0.341. The van der Waals surface area contributed by atoms with Crippen molar-refractivity contribution in [3.8, 4) is 0 Å². The predicted octanol–water partition coefficient (Wildman–Crippen LogP) is 1.97. The average molecular weight is 154 g/mol. The summed E-state index contributed by atoms with van der Waals surface area (Å²) in [6, 6.07) is 0.551. The Balaban J connectivity index is 2.70. The Bertz CT molecular complexity index is 167. The third-order valence-electron chi connectivity index (χ3n) is 2.52. The van der Waals surface area contributed by atoms with Crippen LogP contribution in [0.15, 0.2) is 5.10 Å². The molecule has 0 N–H and O–H groups in total. The van der Waals surface area contributed by atoms with E-state index in [2.05, 4.69) is 39.0 Å². The molecule has 2 nitrogen and oxygen atoms in total. The molecule has 1 aliphatic heterocycles. The lowest BCUT2D eigenvalue weighted by Crippen LogP contribution is -2.34. The van der Waals surface area contributed by atoms with Gasteiger partial charge in [-0.25, -0.2) is 0 Å². The molecule has 0 aromatic rings. The van der Waals surface area contributed by atoms with Gasteiger partial charge in [0.15, 0.2) is 0 Å². The average Bonchev–Trinajstić information content (AvgIpc) is 2.11. The van der Waals surface area contributed by atoms with Gasteiger partial charge in [-0.1, -0.05) is 20.8 Å². The van der Waals surface area contributed by atoms with Gasteiger partial charge >= 0.3 is 0 Å². The molecule has 2 heteroatoms. The summed E-state index contributed by atoms with van der Waals surface area (Å²) in [7, 11) is 2.03. The lowest BCUT2D eigenvalue weighted by atomic mass is 9.78. The van der Waals surface area contributed by atoms with Gasteiger partial charge in [-0.05, 0) is 12.3 Å². The Morgan fingerprint density at radius 2 is 1.91 bits per heavy atom. The van der Waals surface area contributed by atoms with Crippen LogP contribution in [0.1, 0.15) is 27.7 Å². The number of nitrogens with zero attached hydrogens (tertiary/aromatic N) is 2. The summed E-state index contributed by atoms with van der Waals surface area (Å²) in [6.45, 7) is 9.01. The van der Waals surface area contributed by atoms with E-state index in [1.165, 1.54) is 0 Å². The second-order valence-electron chi connectivity index (χ2n) is 4.47. The number of hydrazone groups is 1. The zero-order chi connectivity index (χ0) is 8.65. The fraction of sp³-hybridized carbons (Fsp3) is 0.889. The third-order valence-corrected chi connectivity index (χ3v) is 2.52. The maximum Gasteiger partial charge on any atom is 0.0522 e. The Kier molecular flexibility index (Phi) is 1.95. The van der Waals surface area contributed by atoms with Crippen molar-refractivity contribution in [2.75, 3.05) is 7.05 Å². The Morgan fingerprint density at radius 3 is 2.09 bits per heavy atom. The second-order valence-corrected chi connectivity index (χ2v) is 4.47. The van der Waals surface area contributed by atoms with Gasteiger partial charge in [0.1, 0.15) is 0 Å². The molecule has 0 amide bonds. The summed E-state index contributed by atoms with van der Waals surface area (Å²) < 4.78 is 0. The molecule has 1 rings (SSSR count). The van der Waals surface area contributed by atoms with Gasteiger partial charge in [0.05, 0.1) is 6.04 Å². The molecule has 0 aromatic heterocycles. The molecule has 1 heterocycles. The summed E-state index contributed by atoms with van der Waals surface area (Å²) in [5.41, 5.74) is 0.341. The van der Waals surface area contributed by atoms with Crippen LogP contribution in [0.5, 0.6) is 0 Å². The zero-order valence-corrected chi connectivity index (χ0v) is 8.13. The molecule has 2 unspecified atom stereocenters. The smallest absolute Gasteiger partial charge is 0.0522 e. The van der Waals surface area contributed by atoms with Gasteiger partial charge < -0.3 is 0 Å². The molecule has 0 bridgehead atoms. The van der Waals surface area contributed by atoms with E-state index in [-0.39, 0.29) is 0 Å². The van der Waals surface area contributed by atoms with Gasteiger partial charge in [-0.2, -0.15) is 5.10 Å². The molecule has 0 spiro atoms. The van der Waals surface area contributed by atoms with Crippen LogP contribution in [0.3, 0.4) is 0 Å². The lowest BCUT2D eigenvalue weighted by molar-refractivity contribution is 0.187. The van der Waals surface area contributed by atoms with Crippen molar-refractivity contribution >= 4 is 6.21 Å². The Morgan fingerprint density at radius 1 is 1.36 bits per heavy atom. The molecule has 0 fully saturated rings. The Hall–Kier alpha value is -0.530. The van der Waals surface area contributed by atoms with Crippen molar-refractivity contribution in [2.24, 2.45) is 16.4 Å². The van der Waals surface area contributed by atoms with E-state index in [1.54, 1.807) is 0 Å². The zero-order valence-electron chi connectivity index (χ0n) is 8.13. The first kappa shape index (κ1) is 8.57. The lowest BCUT2D eigenvalue weighted by Gasteiger charge is -2.30. The topological polar surface area (TPSA) is 15.6 Å². The normalized spacial score (nSPS) is 31.5. The van der Waals surface area contributed by atoms with Gasteiger partial charge in [-0.15, -0.1) is 0 Å². The van der Waals surface area contributed by atoms with Crippen LogP contribution in [-0.2, 0) is 0 Å². The number of hydrogen-bond donors (Lipinski definition) is 0.